The predicted octanol–water partition coefficient (Wildman–Crippen LogP) is 3.93. The van der Waals surface area contributed by atoms with Crippen LogP contribution in [0.15, 0.2) is 24.3 Å². The molecule has 1 aliphatic rings. The topological polar surface area (TPSA) is 21.3 Å². The Balaban J connectivity index is 2.09. The van der Waals surface area contributed by atoms with Crippen molar-refractivity contribution in [2.24, 2.45) is 5.41 Å². The zero-order valence-corrected chi connectivity index (χ0v) is 11.8. The van der Waals surface area contributed by atoms with Crippen LogP contribution in [0.25, 0.3) is 0 Å². The summed E-state index contributed by atoms with van der Waals surface area (Å²) in [5, 5.41) is 3.70. The largest absolute Gasteiger partial charge is 0.494 e. The second-order valence-corrected chi connectivity index (χ2v) is 5.54. The molecule has 2 nitrogen and oxygen atoms in total. The van der Waals surface area contributed by atoms with Crippen molar-refractivity contribution in [2.75, 3.05) is 13.2 Å². The van der Waals surface area contributed by atoms with Gasteiger partial charge in [-0.3, -0.25) is 0 Å². The molecule has 1 N–H and O–H groups in total. The summed E-state index contributed by atoms with van der Waals surface area (Å²) in [5.41, 5.74) is 1.86. The van der Waals surface area contributed by atoms with E-state index in [-0.39, 0.29) is 0 Å². The van der Waals surface area contributed by atoms with Gasteiger partial charge in [0.25, 0.3) is 0 Å². The van der Waals surface area contributed by atoms with E-state index >= 15 is 0 Å². The van der Waals surface area contributed by atoms with E-state index in [1.54, 1.807) is 0 Å². The van der Waals surface area contributed by atoms with Crippen LogP contribution in [-0.4, -0.2) is 13.2 Å². The number of hydrogen-bond acceptors (Lipinski definition) is 2. The molecule has 0 spiro atoms. The maximum absolute atomic E-state index is 5.50. The van der Waals surface area contributed by atoms with Gasteiger partial charge in [0.1, 0.15) is 5.75 Å². The molecule has 1 fully saturated rings. The molecule has 0 amide bonds. The van der Waals surface area contributed by atoms with Crippen LogP contribution < -0.4 is 10.1 Å². The van der Waals surface area contributed by atoms with Gasteiger partial charge in [-0.05, 0) is 55.8 Å². The summed E-state index contributed by atoms with van der Waals surface area (Å²) in [6, 6.07) is 9.09. The van der Waals surface area contributed by atoms with Gasteiger partial charge in [0, 0.05) is 6.04 Å². The zero-order valence-electron chi connectivity index (χ0n) is 11.8. The average Bonchev–Trinajstić information content (AvgIpc) is 3.11. The van der Waals surface area contributed by atoms with Gasteiger partial charge in [-0.25, -0.2) is 0 Å². The Bertz CT molecular complexity index is 367. The van der Waals surface area contributed by atoms with Crippen molar-refractivity contribution in [1.29, 1.82) is 0 Å². The maximum Gasteiger partial charge on any atom is 0.119 e. The quantitative estimate of drug-likeness (QED) is 0.788. The van der Waals surface area contributed by atoms with Gasteiger partial charge in [-0.2, -0.15) is 0 Å². The summed E-state index contributed by atoms with van der Waals surface area (Å²) >= 11 is 0. The number of ether oxygens (including phenoxy) is 1. The van der Waals surface area contributed by atoms with Crippen LogP contribution in [0.4, 0.5) is 0 Å². The highest BCUT2D eigenvalue weighted by Crippen LogP contribution is 2.54. The van der Waals surface area contributed by atoms with Gasteiger partial charge < -0.3 is 10.1 Å². The van der Waals surface area contributed by atoms with Crippen LogP contribution in [0.2, 0.25) is 0 Å². The lowest BCUT2D eigenvalue weighted by Gasteiger charge is -2.25. The minimum absolute atomic E-state index is 0.461. The molecule has 1 unspecified atom stereocenters. The third-order valence-electron chi connectivity index (χ3n) is 3.86. The lowest BCUT2D eigenvalue weighted by atomic mass is 9.91. The van der Waals surface area contributed by atoms with Crippen LogP contribution in [0.1, 0.15) is 51.6 Å². The average molecular weight is 247 g/mol. The van der Waals surface area contributed by atoms with E-state index in [0.29, 0.717) is 11.5 Å². The Morgan fingerprint density at radius 2 is 1.89 bits per heavy atom. The minimum atomic E-state index is 0.461. The maximum atomic E-state index is 5.50. The van der Waals surface area contributed by atoms with Crippen molar-refractivity contribution >= 4 is 0 Å². The SMILES string of the molecule is CCCNC(c1ccc(OCC)cc1)C1(C)CC1. The predicted molar refractivity (Wildman–Crippen MR) is 76.0 cm³/mol. The number of rotatable bonds is 7. The number of nitrogens with one attached hydrogen (secondary N) is 1. The fourth-order valence-electron chi connectivity index (χ4n) is 2.46. The Morgan fingerprint density at radius 3 is 2.39 bits per heavy atom. The minimum Gasteiger partial charge on any atom is -0.494 e. The fraction of sp³-hybridized carbons (Fsp3) is 0.625. The van der Waals surface area contributed by atoms with Crippen LogP contribution in [-0.2, 0) is 0 Å². The van der Waals surface area contributed by atoms with E-state index in [0.717, 1.165) is 18.9 Å². The Morgan fingerprint density at radius 1 is 1.22 bits per heavy atom. The second-order valence-electron chi connectivity index (χ2n) is 5.54. The molecule has 1 aliphatic carbocycles. The number of hydrogen-bond donors (Lipinski definition) is 1. The Hall–Kier alpha value is -1.02. The van der Waals surface area contributed by atoms with Crippen LogP contribution in [0, 0.1) is 5.41 Å². The first kappa shape index (κ1) is 13.4. The Labute approximate surface area is 111 Å². The molecule has 2 rings (SSSR count). The van der Waals surface area contributed by atoms with Crippen molar-refractivity contribution in [3.05, 3.63) is 29.8 Å². The number of benzene rings is 1. The highest BCUT2D eigenvalue weighted by Gasteiger charge is 2.45. The van der Waals surface area contributed by atoms with Crippen LogP contribution in [0.5, 0.6) is 5.75 Å². The molecule has 2 heteroatoms. The summed E-state index contributed by atoms with van der Waals surface area (Å²) in [4.78, 5) is 0. The molecule has 100 valence electrons. The molecule has 18 heavy (non-hydrogen) atoms. The summed E-state index contributed by atoms with van der Waals surface area (Å²) in [7, 11) is 0. The molecule has 0 aliphatic heterocycles. The first-order valence-electron chi connectivity index (χ1n) is 7.16. The van der Waals surface area contributed by atoms with Gasteiger partial charge >= 0.3 is 0 Å². The standard InChI is InChI=1S/C16H25NO/c1-4-12-17-15(16(3)10-11-16)13-6-8-14(9-7-13)18-5-2/h6-9,15,17H,4-5,10-12H2,1-3H3. The van der Waals surface area contributed by atoms with Gasteiger partial charge in [-0.15, -0.1) is 0 Å². The normalized spacial score (nSPS) is 18.4. The van der Waals surface area contributed by atoms with Gasteiger partial charge in [0.15, 0.2) is 0 Å². The molecule has 0 radical (unpaired) electrons. The van der Waals surface area contributed by atoms with E-state index < -0.39 is 0 Å². The molecule has 1 saturated carbocycles. The van der Waals surface area contributed by atoms with Gasteiger partial charge in [0.05, 0.1) is 6.61 Å². The smallest absolute Gasteiger partial charge is 0.119 e. The lowest BCUT2D eigenvalue weighted by Crippen LogP contribution is -2.28. The molecular weight excluding hydrogens is 222 g/mol. The molecule has 0 aromatic heterocycles. The summed E-state index contributed by atoms with van der Waals surface area (Å²) < 4.78 is 5.50. The molecule has 0 bridgehead atoms. The van der Waals surface area contributed by atoms with Crippen molar-refractivity contribution in [3.8, 4) is 5.75 Å². The van der Waals surface area contributed by atoms with E-state index in [2.05, 4.69) is 43.4 Å². The van der Waals surface area contributed by atoms with Crippen LogP contribution >= 0.6 is 0 Å². The van der Waals surface area contributed by atoms with Gasteiger partial charge in [0.2, 0.25) is 0 Å². The fourth-order valence-corrected chi connectivity index (χ4v) is 2.46. The second kappa shape index (κ2) is 5.75. The molecule has 0 saturated heterocycles. The molecule has 1 atom stereocenters. The molecule has 0 heterocycles. The molecule has 1 aromatic rings. The monoisotopic (exact) mass is 247 g/mol. The van der Waals surface area contributed by atoms with Crippen molar-refractivity contribution in [3.63, 3.8) is 0 Å². The highest BCUT2D eigenvalue weighted by atomic mass is 16.5. The summed E-state index contributed by atoms with van der Waals surface area (Å²) in [6.07, 6.45) is 3.85. The third-order valence-corrected chi connectivity index (χ3v) is 3.86. The van der Waals surface area contributed by atoms with E-state index in [4.69, 9.17) is 4.74 Å². The van der Waals surface area contributed by atoms with E-state index in [1.165, 1.54) is 24.8 Å². The van der Waals surface area contributed by atoms with E-state index in [1.807, 2.05) is 6.92 Å². The first-order chi connectivity index (χ1) is 8.69. The van der Waals surface area contributed by atoms with Gasteiger partial charge in [-0.1, -0.05) is 26.0 Å². The highest BCUT2D eigenvalue weighted by molar-refractivity contribution is 5.31. The Kier molecular flexibility index (Phi) is 4.28. The van der Waals surface area contributed by atoms with Crippen molar-refractivity contribution in [2.45, 2.75) is 46.1 Å². The van der Waals surface area contributed by atoms with Crippen LogP contribution in [0.3, 0.4) is 0 Å². The summed E-state index contributed by atoms with van der Waals surface area (Å²) in [5.74, 6) is 0.969. The van der Waals surface area contributed by atoms with E-state index in [9.17, 15) is 0 Å². The van der Waals surface area contributed by atoms with Crippen molar-refractivity contribution < 1.29 is 4.74 Å². The summed E-state index contributed by atoms with van der Waals surface area (Å²) in [6.45, 7) is 8.45. The van der Waals surface area contributed by atoms with Crippen molar-refractivity contribution in [1.82, 2.24) is 5.32 Å². The molecule has 1 aromatic carbocycles. The zero-order chi connectivity index (χ0) is 13.0. The molecular formula is C16H25NO. The third kappa shape index (κ3) is 3.05. The lowest BCUT2D eigenvalue weighted by molar-refractivity contribution is 0.338. The first-order valence-corrected chi connectivity index (χ1v) is 7.16.